The number of nitrogens with zero attached hydrogens (tertiary/aromatic N) is 4. The van der Waals surface area contributed by atoms with Gasteiger partial charge in [-0.05, 0) is 12.7 Å². The van der Waals surface area contributed by atoms with Crippen LogP contribution in [0.5, 0.6) is 0 Å². The van der Waals surface area contributed by atoms with Crippen molar-refractivity contribution in [2.24, 2.45) is 0 Å². The van der Waals surface area contributed by atoms with Gasteiger partial charge in [-0.2, -0.15) is 0 Å². The van der Waals surface area contributed by atoms with E-state index < -0.39 is 6.04 Å². The van der Waals surface area contributed by atoms with E-state index >= 15 is 0 Å². The smallest absolute Gasteiger partial charge is 0.254 e. The van der Waals surface area contributed by atoms with Crippen molar-refractivity contribution >= 4 is 29.5 Å². The van der Waals surface area contributed by atoms with Crippen LogP contribution in [0.4, 0.5) is 0 Å². The van der Waals surface area contributed by atoms with Gasteiger partial charge in [-0.3, -0.25) is 14.4 Å². The minimum atomic E-state index is -0.471. The van der Waals surface area contributed by atoms with Crippen molar-refractivity contribution in [1.29, 1.82) is 0 Å². The van der Waals surface area contributed by atoms with Gasteiger partial charge in [0.05, 0.1) is 12.1 Å². The molecule has 2 aliphatic heterocycles. The molecule has 0 aromatic carbocycles. The fourth-order valence-electron chi connectivity index (χ4n) is 2.88. The summed E-state index contributed by atoms with van der Waals surface area (Å²) in [6.45, 7) is 0.457. The molecule has 2 atom stereocenters. The lowest BCUT2D eigenvalue weighted by Gasteiger charge is -2.33. The van der Waals surface area contributed by atoms with Crippen molar-refractivity contribution in [1.82, 2.24) is 25.1 Å². The van der Waals surface area contributed by atoms with Gasteiger partial charge < -0.3 is 15.1 Å². The molecular weight excluding hydrogens is 318 g/mol. The zero-order valence-electron chi connectivity index (χ0n) is 12.9. The van der Waals surface area contributed by atoms with Gasteiger partial charge in [0.15, 0.2) is 5.16 Å². The number of piperazine rings is 1. The van der Waals surface area contributed by atoms with Gasteiger partial charge in [-0.25, -0.2) is 9.97 Å². The summed E-state index contributed by atoms with van der Waals surface area (Å²) in [7, 11) is 1.62. The van der Waals surface area contributed by atoms with Crippen molar-refractivity contribution in [3.05, 3.63) is 18.0 Å². The minimum absolute atomic E-state index is 0.0750. The molecule has 2 fully saturated rings. The third-order valence-electron chi connectivity index (χ3n) is 4.06. The van der Waals surface area contributed by atoms with Crippen molar-refractivity contribution in [3.8, 4) is 0 Å². The summed E-state index contributed by atoms with van der Waals surface area (Å²) >= 11 is 1.40. The number of nitrogens with one attached hydrogen (secondary N) is 1. The highest BCUT2D eigenvalue weighted by Crippen LogP contribution is 2.23. The molecular formula is C14H17N5O3S. The van der Waals surface area contributed by atoms with Crippen LogP contribution in [0.3, 0.4) is 0 Å². The van der Waals surface area contributed by atoms with Gasteiger partial charge in [-0.15, -0.1) is 0 Å². The number of likely N-dealkylation sites (N-methyl/N-ethyl adjacent to an activating group) is 1. The monoisotopic (exact) mass is 335 g/mol. The second-order valence-electron chi connectivity index (χ2n) is 5.62. The molecule has 0 spiro atoms. The summed E-state index contributed by atoms with van der Waals surface area (Å²) in [6.07, 6.45) is 5.24. The lowest BCUT2D eigenvalue weighted by atomic mass is 10.1. The maximum absolute atomic E-state index is 12.2. The van der Waals surface area contributed by atoms with Gasteiger partial charge in [0.1, 0.15) is 6.04 Å². The Balaban J connectivity index is 1.66. The van der Waals surface area contributed by atoms with E-state index in [9.17, 15) is 14.4 Å². The molecule has 1 N–H and O–H groups in total. The van der Waals surface area contributed by atoms with E-state index in [0.29, 0.717) is 23.7 Å². The normalized spacial score (nSPS) is 23.9. The van der Waals surface area contributed by atoms with Crippen molar-refractivity contribution in [3.63, 3.8) is 0 Å². The average Bonchev–Trinajstić information content (AvgIpc) is 2.97. The highest BCUT2D eigenvalue weighted by Gasteiger charge is 2.44. The van der Waals surface area contributed by atoms with Crippen LogP contribution in [0.25, 0.3) is 0 Å². The Labute approximate surface area is 137 Å². The third kappa shape index (κ3) is 3.00. The fourth-order valence-corrected chi connectivity index (χ4v) is 3.20. The minimum Gasteiger partial charge on any atom is -0.347 e. The maximum atomic E-state index is 12.2. The first-order chi connectivity index (χ1) is 11.0. The zero-order valence-corrected chi connectivity index (χ0v) is 13.7. The molecule has 8 nitrogen and oxygen atoms in total. The molecule has 1 aromatic rings. The molecule has 2 aliphatic rings. The number of fused-ring (bicyclic) bond motifs is 1. The van der Waals surface area contributed by atoms with Crippen molar-refractivity contribution in [2.75, 3.05) is 26.4 Å². The second-order valence-corrected chi connectivity index (χ2v) is 6.39. The lowest BCUT2D eigenvalue weighted by Crippen LogP contribution is -2.55. The summed E-state index contributed by atoms with van der Waals surface area (Å²) in [4.78, 5) is 47.5. The molecule has 2 saturated heterocycles. The van der Waals surface area contributed by atoms with Crippen LogP contribution in [0.1, 0.15) is 16.8 Å². The summed E-state index contributed by atoms with van der Waals surface area (Å²) in [6, 6.07) is -0.714. The molecule has 0 saturated carbocycles. The molecule has 0 aliphatic carbocycles. The first kappa shape index (κ1) is 15.7. The first-order valence-electron chi connectivity index (χ1n) is 7.21. The van der Waals surface area contributed by atoms with Gasteiger partial charge in [0.2, 0.25) is 11.8 Å². The van der Waals surface area contributed by atoms with Crippen molar-refractivity contribution in [2.45, 2.75) is 23.7 Å². The number of carbonyl (C=O) groups is 3. The maximum Gasteiger partial charge on any atom is 0.254 e. The van der Waals surface area contributed by atoms with E-state index in [4.69, 9.17) is 0 Å². The molecule has 3 rings (SSSR count). The Morgan fingerprint density at radius 1 is 1.35 bits per heavy atom. The largest absolute Gasteiger partial charge is 0.347 e. The fraction of sp³-hybridized carbons (Fsp3) is 0.500. The van der Waals surface area contributed by atoms with Gasteiger partial charge in [-0.1, -0.05) is 11.8 Å². The highest BCUT2D eigenvalue weighted by atomic mass is 32.2. The topological polar surface area (TPSA) is 95.5 Å². The van der Waals surface area contributed by atoms with Crippen LogP contribution in [-0.4, -0.2) is 76.0 Å². The quantitative estimate of drug-likeness (QED) is 0.584. The summed E-state index contributed by atoms with van der Waals surface area (Å²) in [5, 5.41) is 3.45. The van der Waals surface area contributed by atoms with E-state index in [1.807, 2.05) is 6.26 Å². The number of thioether (sulfide) groups is 1. The van der Waals surface area contributed by atoms with Crippen LogP contribution < -0.4 is 5.32 Å². The van der Waals surface area contributed by atoms with Crippen LogP contribution in [-0.2, 0) is 9.59 Å². The second kappa shape index (κ2) is 6.15. The Kier molecular flexibility index (Phi) is 4.20. The summed E-state index contributed by atoms with van der Waals surface area (Å²) in [5.74, 6) is -0.453. The van der Waals surface area contributed by atoms with E-state index in [-0.39, 0.29) is 30.3 Å². The van der Waals surface area contributed by atoms with Crippen molar-refractivity contribution < 1.29 is 14.4 Å². The molecule has 9 heteroatoms. The Morgan fingerprint density at radius 2 is 2.04 bits per heavy atom. The van der Waals surface area contributed by atoms with Crippen LogP contribution in [0.2, 0.25) is 0 Å². The summed E-state index contributed by atoms with van der Waals surface area (Å²) < 4.78 is 0. The van der Waals surface area contributed by atoms with Crippen LogP contribution >= 0.6 is 11.8 Å². The van der Waals surface area contributed by atoms with E-state index in [2.05, 4.69) is 15.3 Å². The number of hydrogen-bond acceptors (Lipinski definition) is 6. The highest BCUT2D eigenvalue weighted by molar-refractivity contribution is 7.98. The first-order valence-corrected chi connectivity index (χ1v) is 8.43. The third-order valence-corrected chi connectivity index (χ3v) is 4.64. The summed E-state index contributed by atoms with van der Waals surface area (Å²) in [5.41, 5.74) is 0.363. The number of hydrogen-bond donors (Lipinski definition) is 1. The zero-order chi connectivity index (χ0) is 16.6. The van der Waals surface area contributed by atoms with Gasteiger partial charge in [0.25, 0.3) is 5.91 Å². The molecule has 3 amide bonds. The van der Waals surface area contributed by atoms with Gasteiger partial charge >= 0.3 is 0 Å². The molecule has 122 valence electrons. The molecule has 3 heterocycles. The average molecular weight is 335 g/mol. The SMILES string of the molecule is CSc1ncc(C(=O)N[C@@H]2C[C@H]3C(=O)N(C)CC(=O)N3C2)cn1. The van der Waals surface area contributed by atoms with Crippen LogP contribution in [0, 0.1) is 0 Å². The predicted octanol–water partition coefficient (Wildman–Crippen LogP) is -0.630. The molecule has 0 radical (unpaired) electrons. The number of carbonyl (C=O) groups excluding carboxylic acids is 3. The Hall–Kier alpha value is -2.16. The number of rotatable bonds is 3. The Bertz CT molecular complexity index is 650. The standard InChI is InChI=1S/C14H17N5O3S/c1-18-7-11(20)19-6-9(3-10(19)13(18)22)17-12(21)8-4-15-14(23-2)16-5-8/h4-5,9-10H,3,6-7H2,1-2H3,(H,17,21)/t9-,10+/m1/s1. The molecule has 0 unspecified atom stereocenters. The van der Waals surface area contributed by atoms with E-state index in [1.165, 1.54) is 29.1 Å². The number of amides is 3. The lowest BCUT2D eigenvalue weighted by molar-refractivity contribution is -0.152. The predicted molar refractivity (Wildman–Crippen MR) is 82.8 cm³/mol. The van der Waals surface area contributed by atoms with Crippen LogP contribution in [0.15, 0.2) is 17.6 Å². The van der Waals surface area contributed by atoms with E-state index in [1.54, 1.807) is 11.9 Å². The Morgan fingerprint density at radius 3 is 2.70 bits per heavy atom. The molecule has 1 aromatic heterocycles. The van der Waals surface area contributed by atoms with Gasteiger partial charge in [0, 0.05) is 32.0 Å². The molecule has 0 bridgehead atoms. The molecule has 23 heavy (non-hydrogen) atoms. The van der Waals surface area contributed by atoms with E-state index in [0.717, 1.165) is 0 Å². The number of aromatic nitrogens is 2.